The summed E-state index contributed by atoms with van der Waals surface area (Å²) < 4.78 is 19.2. The van der Waals surface area contributed by atoms with Gasteiger partial charge in [-0.05, 0) is 24.5 Å². The highest BCUT2D eigenvalue weighted by molar-refractivity contribution is 5.97. The number of methoxy groups -OCH3 is 1. The van der Waals surface area contributed by atoms with Crippen LogP contribution in [0.2, 0.25) is 0 Å². The fraction of sp³-hybridized carbons (Fsp3) is 0.529. The van der Waals surface area contributed by atoms with E-state index < -0.39 is 11.7 Å². The summed E-state index contributed by atoms with van der Waals surface area (Å²) in [7, 11) is 1.41. The highest BCUT2D eigenvalue weighted by Crippen LogP contribution is 2.28. The number of hydrogen-bond acceptors (Lipinski definition) is 3. The van der Waals surface area contributed by atoms with Gasteiger partial charge in [0.2, 0.25) is 5.91 Å². The molecule has 6 heteroatoms. The van der Waals surface area contributed by atoms with E-state index in [-0.39, 0.29) is 29.2 Å². The summed E-state index contributed by atoms with van der Waals surface area (Å²) in [5, 5.41) is 2.90. The molecule has 0 unspecified atom stereocenters. The minimum atomic E-state index is -0.593. The minimum absolute atomic E-state index is 0.0475. The van der Waals surface area contributed by atoms with Crippen LogP contribution in [0.1, 0.15) is 37.0 Å². The standard InChI is InChI=1S/C17H23FN2O3/c1-4-6-12-9-20(10-14(12)19-11(2)21)17(22)16-13(18)7-5-8-15(16)23-3/h5,7-8,12,14H,4,6,9-10H2,1-3H3,(H,19,21)/t12-,14-/m0/s1. The third-order valence-electron chi connectivity index (χ3n) is 4.19. The van der Waals surface area contributed by atoms with E-state index in [4.69, 9.17) is 4.74 Å². The number of carbonyl (C=O) groups excluding carboxylic acids is 2. The van der Waals surface area contributed by atoms with Crippen molar-refractivity contribution in [2.75, 3.05) is 20.2 Å². The first-order valence-electron chi connectivity index (χ1n) is 7.86. The first-order chi connectivity index (χ1) is 11.0. The van der Waals surface area contributed by atoms with Gasteiger partial charge in [-0.25, -0.2) is 4.39 Å². The first kappa shape index (κ1) is 17.2. The smallest absolute Gasteiger partial charge is 0.260 e. The zero-order valence-electron chi connectivity index (χ0n) is 13.8. The maximum atomic E-state index is 14.1. The third kappa shape index (κ3) is 3.81. The molecule has 0 radical (unpaired) electrons. The minimum Gasteiger partial charge on any atom is -0.496 e. The predicted molar refractivity (Wildman–Crippen MR) is 84.9 cm³/mol. The molecule has 1 heterocycles. The molecule has 2 atom stereocenters. The monoisotopic (exact) mass is 322 g/mol. The van der Waals surface area contributed by atoms with Crippen molar-refractivity contribution in [3.05, 3.63) is 29.6 Å². The number of amides is 2. The van der Waals surface area contributed by atoms with Crippen molar-refractivity contribution in [3.8, 4) is 5.75 Å². The topological polar surface area (TPSA) is 58.6 Å². The maximum Gasteiger partial charge on any atom is 0.260 e. The Balaban J connectivity index is 2.22. The number of hydrogen-bond donors (Lipinski definition) is 1. The second-order valence-corrected chi connectivity index (χ2v) is 5.88. The van der Waals surface area contributed by atoms with Gasteiger partial charge >= 0.3 is 0 Å². The quantitative estimate of drug-likeness (QED) is 0.904. The molecule has 2 rings (SSSR count). The molecule has 1 aromatic carbocycles. The van der Waals surface area contributed by atoms with Gasteiger partial charge in [0.25, 0.3) is 5.91 Å². The van der Waals surface area contributed by atoms with Crippen LogP contribution >= 0.6 is 0 Å². The lowest BCUT2D eigenvalue weighted by atomic mass is 9.98. The number of benzene rings is 1. The van der Waals surface area contributed by atoms with E-state index in [0.29, 0.717) is 13.1 Å². The van der Waals surface area contributed by atoms with Crippen molar-refractivity contribution in [3.63, 3.8) is 0 Å². The van der Waals surface area contributed by atoms with E-state index in [1.165, 1.54) is 26.2 Å². The van der Waals surface area contributed by atoms with Crippen molar-refractivity contribution in [2.45, 2.75) is 32.7 Å². The lowest BCUT2D eigenvalue weighted by Gasteiger charge is -2.18. The molecule has 1 aromatic rings. The molecule has 1 aliphatic heterocycles. The zero-order chi connectivity index (χ0) is 17.0. The highest BCUT2D eigenvalue weighted by Gasteiger charge is 2.36. The van der Waals surface area contributed by atoms with Gasteiger partial charge in [-0.1, -0.05) is 19.4 Å². The number of nitrogens with zero attached hydrogens (tertiary/aromatic N) is 1. The molecular weight excluding hydrogens is 299 g/mol. The lowest BCUT2D eigenvalue weighted by Crippen LogP contribution is -2.40. The van der Waals surface area contributed by atoms with Crippen LogP contribution in [0.5, 0.6) is 5.75 Å². The molecule has 1 aliphatic rings. The fourth-order valence-corrected chi connectivity index (χ4v) is 3.17. The summed E-state index contributed by atoms with van der Waals surface area (Å²) in [6.45, 7) is 4.43. The third-order valence-corrected chi connectivity index (χ3v) is 4.19. The molecule has 5 nitrogen and oxygen atoms in total. The van der Waals surface area contributed by atoms with E-state index in [1.807, 2.05) is 0 Å². The van der Waals surface area contributed by atoms with Crippen molar-refractivity contribution in [1.29, 1.82) is 0 Å². The highest BCUT2D eigenvalue weighted by atomic mass is 19.1. The summed E-state index contributed by atoms with van der Waals surface area (Å²) in [4.78, 5) is 25.7. The lowest BCUT2D eigenvalue weighted by molar-refractivity contribution is -0.119. The molecule has 1 fully saturated rings. The van der Waals surface area contributed by atoms with Crippen molar-refractivity contribution in [1.82, 2.24) is 10.2 Å². The molecule has 23 heavy (non-hydrogen) atoms. The zero-order valence-corrected chi connectivity index (χ0v) is 13.8. The van der Waals surface area contributed by atoms with Gasteiger partial charge in [-0.15, -0.1) is 0 Å². The summed E-state index contributed by atoms with van der Waals surface area (Å²) in [6.07, 6.45) is 1.87. The molecule has 2 amide bonds. The number of halogens is 1. The number of carbonyl (C=O) groups is 2. The van der Waals surface area contributed by atoms with Gasteiger partial charge in [0.15, 0.2) is 0 Å². The average Bonchev–Trinajstić information content (AvgIpc) is 2.89. The van der Waals surface area contributed by atoms with Crippen LogP contribution in [0.15, 0.2) is 18.2 Å². The largest absolute Gasteiger partial charge is 0.496 e. The van der Waals surface area contributed by atoms with Crippen LogP contribution in [-0.4, -0.2) is 43.0 Å². The number of ether oxygens (including phenoxy) is 1. The molecule has 0 spiro atoms. The van der Waals surface area contributed by atoms with Gasteiger partial charge < -0.3 is 15.0 Å². The Morgan fingerprint density at radius 2 is 2.13 bits per heavy atom. The first-order valence-corrected chi connectivity index (χ1v) is 7.86. The summed E-state index contributed by atoms with van der Waals surface area (Å²) in [5.41, 5.74) is -0.0475. The van der Waals surface area contributed by atoms with Crippen molar-refractivity contribution in [2.24, 2.45) is 5.92 Å². The van der Waals surface area contributed by atoms with Gasteiger partial charge in [0.05, 0.1) is 13.2 Å². The molecule has 0 saturated carbocycles. The molecule has 126 valence electrons. The Bertz CT molecular complexity index is 591. The predicted octanol–water partition coefficient (Wildman–Crippen LogP) is 2.21. The van der Waals surface area contributed by atoms with E-state index in [1.54, 1.807) is 11.0 Å². The molecule has 1 N–H and O–H groups in total. The molecule has 1 saturated heterocycles. The second-order valence-electron chi connectivity index (χ2n) is 5.88. The van der Waals surface area contributed by atoms with Gasteiger partial charge in [0.1, 0.15) is 17.1 Å². The van der Waals surface area contributed by atoms with E-state index in [0.717, 1.165) is 12.8 Å². The van der Waals surface area contributed by atoms with Gasteiger partial charge in [0, 0.05) is 20.0 Å². The Hall–Kier alpha value is -2.11. The van der Waals surface area contributed by atoms with Crippen LogP contribution in [0, 0.1) is 11.7 Å². The second kappa shape index (κ2) is 7.44. The van der Waals surface area contributed by atoms with Crippen molar-refractivity contribution >= 4 is 11.8 Å². The average molecular weight is 322 g/mol. The summed E-state index contributed by atoms with van der Waals surface area (Å²) >= 11 is 0. The Morgan fingerprint density at radius 1 is 1.39 bits per heavy atom. The Labute approximate surface area is 135 Å². The van der Waals surface area contributed by atoms with Crippen LogP contribution in [-0.2, 0) is 4.79 Å². The number of likely N-dealkylation sites (tertiary alicyclic amines) is 1. The van der Waals surface area contributed by atoms with Crippen LogP contribution in [0.25, 0.3) is 0 Å². The molecule has 0 bridgehead atoms. The van der Waals surface area contributed by atoms with E-state index in [9.17, 15) is 14.0 Å². The SMILES string of the molecule is CCC[C@H]1CN(C(=O)c2c(F)cccc2OC)C[C@@H]1NC(C)=O. The van der Waals surface area contributed by atoms with Crippen LogP contribution in [0.3, 0.4) is 0 Å². The molecule has 0 aromatic heterocycles. The Kier molecular flexibility index (Phi) is 5.58. The molecular formula is C17H23FN2O3. The van der Waals surface area contributed by atoms with Gasteiger partial charge in [-0.3, -0.25) is 9.59 Å². The Morgan fingerprint density at radius 3 is 2.74 bits per heavy atom. The van der Waals surface area contributed by atoms with Crippen molar-refractivity contribution < 1.29 is 18.7 Å². The normalized spacial score (nSPS) is 20.4. The summed E-state index contributed by atoms with van der Waals surface area (Å²) in [5.74, 6) is -0.692. The maximum absolute atomic E-state index is 14.1. The molecule has 0 aliphatic carbocycles. The van der Waals surface area contributed by atoms with Gasteiger partial charge in [-0.2, -0.15) is 0 Å². The number of nitrogens with one attached hydrogen (secondary N) is 1. The van der Waals surface area contributed by atoms with Crippen LogP contribution < -0.4 is 10.1 Å². The van der Waals surface area contributed by atoms with E-state index >= 15 is 0 Å². The number of rotatable bonds is 5. The van der Waals surface area contributed by atoms with E-state index in [2.05, 4.69) is 12.2 Å². The summed E-state index contributed by atoms with van der Waals surface area (Å²) in [6, 6.07) is 4.24. The fourth-order valence-electron chi connectivity index (χ4n) is 3.17. The van der Waals surface area contributed by atoms with Crippen LogP contribution in [0.4, 0.5) is 4.39 Å².